The lowest BCUT2D eigenvalue weighted by Crippen LogP contribution is -2.39. The third-order valence-corrected chi connectivity index (χ3v) is 7.02. The molecule has 1 fully saturated rings. The van der Waals surface area contributed by atoms with Crippen LogP contribution in [0.5, 0.6) is 11.6 Å². The fourth-order valence-corrected chi connectivity index (χ4v) is 4.90. The number of aromatic nitrogens is 2. The lowest BCUT2D eigenvalue weighted by atomic mass is 10.0. The van der Waals surface area contributed by atoms with Gasteiger partial charge in [0.1, 0.15) is 11.4 Å². The highest BCUT2D eigenvalue weighted by atomic mass is 16.5. The van der Waals surface area contributed by atoms with Crippen molar-refractivity contribution < 1.29 is 24.2 Å². The van der Waals surface area contributed by atoms with E-state index in [0.29, 0.717) is 43.3 Å². The topological polar surface area (TPSA) is 100 Å². The van der Waals surface area contributed by atoms with Gasteiger partial charge in [-0.1, -0.05) is 0 Å². The van der Waals surface area contributed by atoms with Crippen molar-refractivity contribution in [3.8, 4) is 17.3 Å². The second kappa shape index (κ2) is 10.2. The number of carbonyl (C=O) groups excluding carboxylic acids is 2. The zero-order chi connectivity index (χ0) is 26.1. The normalized spacial score (nSPS) is 17.6. The Morgan fingerprint density at radius 3 is 2.38 bits per heavy atom. The van der Waals surface area contributed by atoms with Crippen LogP contribution in [0.2, 0.25) is 0 Å². The number of nitrogens with zero attached hydrogens (tertiary/aromatic N) is 5. The number of anilines is 2. The van der Waals surface area contributed by atoms with Gasteiger partial charge in [-0.2, -0.15) is 0 Å². The van der Waals surface area contributed by atoms with Crippen molar-refractivity contribution in [1.29, 1.82) is 0 Å². The summed E-state index contributed by atoms with van der Waals surface area (Å²) in [5.41, 5.74) is 3.47. The third kappa shape index (κ3) is 4.77. The van der Waals surface area contributed by atoms with Crippen LogP contribution < -0.4 is 19.3 Å². The number of β-amino-alcohol motifs (C(OH)–C–C–N with tert-alkyl or cyclic N) is 1. The largest absolute Gasteiger partial charge is 0.497 e. The van der Waals surface area contributed by atoms with Gasteiger partial charge < -0.3 is 24.4 Å². The summed E-state index contributed by atoms with van der Waals surface area (Å²) in [5.74, 6) is 0.944. The monoisotopic (exact) mass is 505 g/mol. The molecular weight excluding hydrogens is 474 g/mol. The van der Waals surface area contributed by atoms with Crippen LogP contribution in [0.15, 0.2) is 48.5 Å². The smallest absolute Gasteiger partial charge is 0.277 e. The molecule has 10 heteroatoms. The standard InChI is InChI=1S/C27H31N5O5/c1-29(24(34)17-30-14-12-21(33)16-30)18-4-6-19(7-5-18)31-15-13-23-25(27(31)35)32(28-26(23)37-3)20-8-10-22(36-2)11-9-20/h4-11,21,33H,12-17H2,1-3H3/t21-/m1/s1. The van der Waals surface area contributed by atoms with Crippen molar-refractivity contribution in [2.75, 3.05) is 57.2 Å². The Kier molecular flexibility index (Phi) is 6.86. The Morgan fingerprint density at radius 2 is 1.76 bits per heavy atom. The van der Waals surface area contributed by atoms with Crippen molar-refractivity contribution in [3.63, 3.8) is 0 Å². The van der Waals surface area contributed by atoms with E-state index in [1.807, 2.05) is 53.4 Å². The SMILES string of the molecule is COc1ccc(-n2nc(OC)c3c2C(=O)N(c2ccc(N(C)C(=O)CN4CC[C@@H](O)C4)cc2)CC3)cc1. The van der Waals surface area contributed by atoms with E-state index >= 15 is 0 Å². The van der Waals surface area contributed by atoms with Gasteiger partial charge in [-0.15, -0.1) is 5.10 Å². The number of likely N-dealkylation sites (tertiary alicyclic amines) is 1. The van der Waals surface area contributed by atoms with E-state index in [2.05, 4.69) is 5.10 Å². The van der Waals surface area contributed by atoms with Crippen LogP contribution in [-0.2, 0) is 11.2 Å². The molecule has 3 aromatic rings. The number of rotatable bonds is 7. The first-order chi connectivity index (χ1) is 17.9. The molecule has 1 aromatic heterocycles. The fraction of sp³-hybridized carbons (Fsp3) is 0.370. The quantitative estimate of drug-likeness (QED) is 0.525. The minimum absolute atomic E-state index is 0.0453. The number of aliphatic hydroxyl groups excluding tert-OH is 1. The highest BCUT2D eigenvalue weighted by molar-refractivity contribution is 6.08. The number of fused-ring (bicyclic) bond motifs is 1. The van der Waals surface area contributed by atoms with Crippen LogP contribution in [-0.4, -0.2) is 85.2 Å². The van der Waals surface area contributed by atoms with Gasteiger partial charge in [0.25, 0.3) is 5.91 Å². The van der Waals surface area contributed by atoms with Gasteiger partial charge >= 0.3 is 0 Å². The van der Waals surface area contributed by atoms with Crippen LogP contribution in [0.3, 0.4) is 0 Å². The first-order valence-electron chi connectivity index (χ1n) is 12.3. The molecule has 0 saturated carbocycles. The molecule has 10 nitrogen and oxygen atoms in total. The van der Waals surface area contributed by atoms with Crippen LogP contribution in [0, 0.1) is 0 Å². The van der Waals surface area contributed by atoms with E-state index in [1.54, 1.807) is 35.7 Å². The van der Waals surface area contributed by atoms with Gasteiger partial charge in [0.05, 0.1) is 32.6 Å². The predicted octanol–water partition coefficient (Wildman–Crippen LogP) is 2.12. The van der Waals surface area contributed by atoms with E-state index in [9.17, 15) is 14.7 Å². The van der Waals surface area contributed by atoms with E-state index in [1.165, 1.54) is 0 Å². The Balaban J connectivity index is 1.36. The first-order valence-corrected chi connectivity index (χ1v) is 12.3. The number of hydrogen-bond donors (Lipinski definition) is 1. The highest BCUT2D eigenvalue weighted by Gasteiger charge is 2.34. The van der Waals surface area contributed by atoms with Crippen LogP contribution >= 0.6 is 0 Å². The maximum absolute atomic E-state index is 13.7. The number of hydrogen-bond acceptors (Lipinski definition) is 7. The molecule has 194 valence electrons. The number of ether oxygens (including phenoxy) is 2. The molecule has 2 aliphatic rings. The van der Waals surface area contributed by atoms with Crippen molar-refractivity contribution in [2.24, 2.45) is 0 Å². The lowest BCUT2D eigenvalue weighted by Gasteiger charge is -2.28. The minimum Gasteiger partial charge on any atom is -0.497 e. The maximum Gasteiger partial charge on any atom is 0.277 e. The molecule has 0 radical (unpaired) electrons. The van der Waals surface area contributed by atoms with E-state index in [4.69, 9.17) is 9.47 Å². The van der Waals surface area contributed by atoms with E-state index < -0.39 is 0 Å². The summed E-state index contributed by atoms with van der Waals surface area (Å²) in [4.78, 5) is 31.7. The molecule has 1 saturated heterocycles. The summed E-state index contributed by atoms with van der Waals surface area (Å²) >= 11 is 0. The number of likely N-dealkylation sites (N-methyl/N-ethyl adjacent to an activating group) is 1. The zero-order valence-corrected chi connectivity index (χ0v) is 21.3. The van der Waals surface area contributed by atoms with Gasteiger partial charge in [-0.05, 0) is 61.4 Å². The Morgan fingerprint density at radius 1 is 1.05 bits per heavy atom. The maximum atomic E-state index is 13.7. The van der Waals surface area contributed by atoms with E-state index in [-0.39, 0.29) is 24.5 Å². The predicted molar refractivity (Wildman–Crippen MR) is 139 cm³/mol. The number of methoxy groups -OCH3 is 2. The van der Waals surface area contributed by atoms with Gasteiger partial charge in [-0.3, -0.25) is 14.5 Å². The van der Waals surface area contributed by atoms with Gasteiger partial charge in [0.15, 0.2) is 0 Å². The minimum atomic E-state index is -0.360. The average Bonchev–Trinajstić information content (AvgIpc) is 3.52. The molecular formula is C27H31N5O5. The Labute approximate surface area is 215 Å². The summed E-state index contributed by atoms with van der Waals surface area (Å²) in [6.45, 7) is 1.99. The summed E-state index contributed by atoms with van der Waals surface area (Å²) in [6.07, 6.45) is 0.934. The molecule has 0 bridgehead atoms. The molecule has 1 atom stereocenters. The fourth-order valence-electron chi connectivity index (χ4n) is 4.90. The van der Waals surface area contributed by atoms with E-state index in [0.717, 1.165) is 29.2 Å². The molecule has 3 heterocycles. The second-order valence-electron chi connectivity index (χ2n) is 9.30. The molecule has 1 N–H and O–H groups in total. The first kappa shape index (κ1) is 24.8. The highest BCUT2D eigenvalue weighted by Crippen LogP contribution is 2.33. The number of aliphatic hydroxyl groups is 1. The van der Waals surface area contributed by atoms with Gasteiger partial charge in [0, 0.05) is 43.6 Å². The average molecular weight is 506 g/mol. The molecule has 2 aromatic carbocycles. The number of benzene rings is 2. The molecule has 0 aliphatic carbocycles. The van der Waals surface area contributed by atoms with Crippen molar-refractivity contribution in [2.45, 2.75) is 18.9 Å². The molecule has 5 rings (SSSR count). The third-order valence-electron chi connectivity index (χ3n) is 7.02. The Hall–Kier alpha value is -3.89. The summed E-state index contributed by atoms with van der Waals surface area (Å²) in [7, 11) is 4.90. The van der Waals surface area contributed by atoms with Crippen LogP contribution in [0.4, 0.5) is 11.4 Å². The van der Waals surface area contributed by atoms with Gasteiger partial charge in [-0.25, -0.2) is 4.68 Å². The molecule has 0 spiro atoms. The molecule has 2 aliphatic heterocycles. The van der Waals surface area contributed by atoms with Crippen molar-refractivity contribution in [3.05, 3.63) is 59.8 Å². The zero-order valence-electron chi connectivity index (χ0n) is 21.3. The number of amides is 2. The summed E-state index contributed by atoms with van der Waals surface area (Å²) in [5, 5.41) is 14.3. The second-order valence-corrected chi connectivity index (χ2v) is 9.30. The van der Waals surface area contributed by atoms with Crippen molar-refractivity contribution in [1.82, 2.24) is 14.7 Å². The van der Waals surface area contributed by atoms with Crippen LogP contribution in [0.1, 0.15) is 22.5 Å². The molecule has 2 amide bonds. The van der Waals surface area contributed by atoms with Gasteiger partial charge in [0.2, 0.25) is 11.8 Å². The van der Waals surface area contributed by atoms with Crippen molar-refractivity contribution >= 4 is 23.2 Å². The summed E-state index contributed by atoms with van der Waals surface area (Å²) < 4.78 is 12.4. The molecule has 37 heavy (non-hydrogen) atoms. The number of carbonyl (C=O) groups is 2. The van der Waals surface area contributed by atoms with Crippen LogP contribution in [0.25, 0.3) is 5.69 Å². The summed E-state index contributed by atoms with van der Waals surface area (Å²) in [6, 6.07) is 14.7. The Bertz CT molecular complexity index is 1290. The molecule has 0 unspecified atom stereocenters. The lowest BCUT2D eigenvalue weighted by molar-refractivity contribution is -0.119.